The van der Waals surface area contributed by atoms with Crippen LogP contribution >= 0.6 is 0 Å². The molecule has 3 heteroatoms. The number of rotatable bonds is 4. The van der Waals surface area contributed by atoms with Crippen LogP contribution < -0.4 is 5.32 Å². The Labute approximate surface area is 107 Å². The van der Waals surface area contributed by atoms with Gasteiger partial charge in [-0.1, -0.05) is 18.2 Å². The molecule has 1 saturated carbocycles. The first kappa shape index (κ1) is 11.8. The second kappa shape index (κ2) is 4.41. The van der Waals surface area contributed by atoms with Gasteiger partial charge in [0.2, 0.25) is 0 Å². The zero-order valence-electron chi connectivity index (χ0n) is 10.9. The van der Waals surface area contributed by atoms with E-state index in [1.54, 1.807) is 7.11 Å². The second-order valence-electron chi connectivity index (χ2n) is 5.03. The largest absolute Gasteiger partial charge is 0.459 e. The van der Waals surface area contributed by atoms with Crippen LogP contribution in [-0.4, -0.2) is 19.8 Å². The molecule has 1 heterocycles. The molecule has 1 fully saturated rings. The molecule has 1 aromatic carbocycles. The number of hydrogen-bond donors (Lipinski definition) is 1. The summed E-state index contributed by atoms with van der Waals surface area (Å²) in [4.78, 5) is 0. The van der Waals surface area contributed by atoms with Gasteiger partial charge in [-0.3, -0.25) is 0 Å². The third kappa shape index (κ3) is 1.66. The summed E-state index contributed by atoms with van der Waals surface area (Å²) in [7, 11) is 3.77. The maximum absolute atomic E-state index is 5.96. The SMILES string of the molecule is CNC(c1cc2ccccc2o1)C1(OC)CCC1. The van der Waals surface area contributed by atoms with E-state index in [-0.39, 0.29) is 11.6 Å². The van der Waals surface area contributed by atoms with Crippen LogP contribution in [0, 0.1) is 0 Å². The Kier molecular flexibility index (Phi) is 2.88. The molecule has 1 N–H and O–H groups in total. The van der Waals surface area contributed by atoms with Crippen molar-refractivity contribution in [1.29, 1.82) is 0 Å². The average molecular weight is 245 g/mol. The van der Waals surface area contributed by atoms with Crippen molar-refractivity contribution in [2.45, 2.75) is 30.9 Å². The summed E-state index contributed by atoms with van der Waals surface area (Å²) in [6.07, 6.45) is 3.41. The van der Waals surface area contributed by atoms with Crippen molar-refractivity contribution in [3.05, 3.63) is 36.1 Å². The molecule has 3 nitrogen and oxygen atoms in total. The highest BCUT2D eigenvalue weighted by molar-refractivity contribution is 5.77. The lowest BCUT2D eigenvalue weighted by molar-refractivity contribution is -0.102. The predicted octanol–water partition coefficient (Wildman–Crippen LogP) is 3.26. The van der Waals surface area contributed by atoms with Crippen LogP contribution in [0.1, 0.15) is 31.1 Å². The van der Waals surface area contributed by atoms with Crippen molar-refractivity contribution in [3.63, 3.8) is 0 Å². The van der Waals surface area contributed by atoms with Gasteiger partial charge in [-0.15, -0.1) is 0 Å². The lowest BCUT2D eigenvalue weighted by Crippen LogP contribution is -2.49. The molecular weight excluding hydrogens is 226 g/mol. The summed E-state index contributed by atoms with van der Waals surface area (Å²) in [5, 5.41) is 4.51. The fourth-order valence-corrected chi connectivity index (χ4v) is 2.95. The smallest absolute Gasteiger partial charge is 0.134 e. The van der Waals surface area contributed by atoms with E-state index >= 15 is 0 Å². The van der Waals surface area contributed by atoms with Crippen molar-refractivity contribution in [3.8, 4) is 0 Å². The molecule has 1 unspecified atom stereocenters. The first-order chi connectivity index (χ1) is 8.79. The molecule has 0 radical (unpaired) electrons. The third-order valence-corrected chi connectivity index (χ3v) is 4.15. The number of benzene rings is 1. The van der Waals surface area contributed by atoms with Crippen LogP contribution in [0.5, 0.6) is 0 Å². The van der Waals surface area contributed by atoms with Gasteiger partial charge < -0.3 is 14.5 Å². The summed E-state index contributed by atoms with van der Waals surface area (Å²) in [5.74, 6) is 0.972. The second-order valence-corrected chi connectivity index (χ2v) is 5.03. The first-order valence-electron chi connectivity index (χ1n) is 6.50. The van der Waals surface area contributed by atoms with E-state index in [0.29, 0.717) is 0 Å². The highest BCUT2D eigenvalue weighted by atomic mass is 16.5. The van der Waals surface area contributed by atoms with Gasteiger partial charge in [0, 0.05) is 12.5 Å². The molecule has 1 atom stereocenters. The van der Waals surface area contributed by atoms with E-state index in [1.807, 2.05) is 25.2 Å². The van der Waals surface area contributed by atoms with Gasteiger partial charge in [-0.2, -0.15) is 0 Å². The Morgan fingerprint density at radius 3 is 2.67 bits per heavy atom. The minimum atomic E-state index is -0.0946. The molecule has 3 rings (SSSR count). The van der Waals surface area contributed by atoms with E-state index < -0.39 is 0 Å². The summed E-state index contributed by atoms with van der Waals surface area (Å²) in [5.41, 5.74) is 0.848. The molecule has 1 aliphatic rings. The molecular formula is C15H19NO2. The minimum absolute atomic E-state index is 0.0946. The minimum Gasteiger partial charge on any atom is -0.459 e. The Morgan fingerprint density at radius 2 is 2.11 bits per heavy atom. The third-order valence-electron chi connectivity index (χ3n) is 4.15. The monoisotopic (exact) mass is 245 g/mol. The molecule has 0 amide bonds. The van der Waals surface area contributed by atoms with Crippen molar-refractivity contribution in [2.75, 3.05) is 14.2 Å². The Balaban J connectivity index is 2.00. The lowest BCUT2D eigenvalue weighted by atomic mass is 9.73. The van der Waals surface area contributed by atoms with Crippen molar-refractivity contribution >= 4 is 11.0 Å². The fourth-order valence-electron chi connectivity index (χ4n) is 2.95. The molecule has 96 valence electrons. The number of ether oxygens (including phenoxy) is 1. The number of hydrogen-bond acceptors (Lipinski definition) is 3. The highest BCUT2D eigenvalue weighted by Crippen LogP contribution is 2.45. The van der Waals surface area contributed by atoms with Gasteiger partial charge >= 0.3 is 0 Å². The first-order valence-corrected chi connectivity index (χ1v) is 6.50. The highest BCUT2D eigenvalue weighted by Gasteiger charge is 2.46. The molecule has 0 saturated heterocycles. The molecule has 0 bridgehead atoms. The normalized spacial score (nSPS) is 19.7. The number of methoxy groups -OCH3 is 1. The Bertz CT molecular complexity index is 504. The van der Waals surface area contributed by atoms with Gasteiger partial charge in [0.25, 0.3) is 0 Å². The number of furan rings is 1. The molecule has 1 aliphatic carbocycles. The van der Waals surface area contributed by atoms with E-state index in [4.69, 9.17) is 9.15 Å². The molecule has 1 aromatic heterocycles. The average Bonchev–Trinajstić information content (AvgIpc) is 2.76. The van der Waals surface area contributed by atoms with Gasteiger partial charge in [0.15, 0.2) is 0 Å². The Morgan fingerprint density at radius 1 is 1.33 bits per heavy atom. The van der Waals surface area contributed by atoms with Crippen LogP contribution in [0.4, 0.5) is 0 Å². The number of likely N-dealkylation sites (N-methyl/N-ethyl adjacent to an activating group) is 1. The Hall–Kier alpha value is -1.32. The number of nitrogens with one attached hydrogen (secondary N) is 1. The zero-order chi connectivity index (χ0) is 12.6. The summed E-state index contributed by atoms with van der Waals surface area (Å²) >= 11 is 0. The van der Waals surface area contributed by atoms with Crippen LogP contribution in [0.15, 0.2) is 34.7 Å². The quantitative estimate of drug-likeness (QED) is 0.897. The lowest BCUT2D eigenvalue weighted by Gasteiger charge is -2.45. The number of para-hydroxylation sites is 1. The predicted molar refractivity (Wildman–Crippen MR) is 71.6 cm³/mol. The van der Waals surface area contributed by atoms with Crippen molar-refractivity contribution in [2.24, 2.45) is 0 Å². The van der Waals surface area contributed by atoms with Gasteiger partial charge in [-0.25, -0.2) is 0 Å². The van der Waals surface area contributed by atoms with Crippen LogP contribution in [0.2, 0.25) is 0 Å². The standard InChI is InChI=1S/C15H19NO2/c1-16-14(15(17-2)8-5-9-15)13-10-11-6-3-4-7-12(11)18-13/h3-4,6-7,10,14,16H,5,8-9H2,1-2H3. The summed E-state index contributed by atoms with van der Waals surface area (Å²) < 4.78 is 11.7. The van der Waals surface area contributed by atoms with E-state index in [1.165, 1.54) is 6.42 Å². The van der Waals surface area contributed by atoms with Crippen molar-refractivity contribution in [1.82, 2.24) is 5.32 Å². The summed E-state index contributed by atoms with van der Waals surface area (Å²) in [6, 6.07) is 10.4. The fraction of sp³-hybridized carbons (Fsp3) is 0.467. The van der Waals surface area contributed by atoms with Crippen LogP contribution in [0.25, 0.3) is 11.0 Å². The van der Waals surface area contributed by atoms with Gasteiger partial charge in [0.05, 0.1) is 11.6 Å². The molecule has 0 spiro atoms. The molecule has 0 aliphatic heterocycles. The maximum atomic E-state index is 5.96. The van der Waals surface area contributed by atoms with E-state index in [2.05, 4.69) is 17.4 Å². The van der Waals surface area contributed by atoms with Crippen LogP contribution in [0.3, 0.4) is 0 Å². The topological polar surface area (TPSA) is 34.4 Å². The van der Waals surface area contributed by atoms with E-state index in [0.717, 1.165) is 29.6 Å². The number of fused-ring (bicyclic) bond motifs is 1. The van der Waals surface area contributed by atoms with Crippen molar-refractivity contribution < 1.29 is 9.15 Å². The van der Waals surface area contributed by atoms with Gasteiger partial charge in [0.1, 0.15) is 11.3 Å². The zero-order valence-corrected chi connectivity index (χ0v) is 10.9. The van der Waals surface area contributed by atoms with Gasteiger partial charge in [-0.05, 0) is 38.4 Å². The van der Waals surface area contributed by atoms with E-state index in [9.17, 15) is 0 Å². The van der Waals surface area contributed by atoms with Crippen LogP contribution in [-0.2, 0) is 4.74 Å². The summed E-state index contributed by atoms with van der Waals surface area (Å²) in [6.45, 7) is 0. The molecule has 18 heavy (non-hydrogen) atoms. The maximum Gasteiger partial charge on any atom is 0.134 e. The molecule has 2 aromatic rings.